The Labute approximate surface area is 268 Å². The van der Waals surface area contributed by atoms with Crippen LogP contribution in [0.3, 0.4) is 0 Å². The average Bonchev–Trinajstić information content (AvgIpc) is 3.73. The van der Waals surface area contributed by atoms with Gasteiger partial charge in [0.15, 0.2) is 28.9 Å². The molecule has 0 bridgehead atoms. The number of nitriles is 1. The van der Waals surface area contributed by atoms with Crippen LogP contribution in [0.4, 0.5) is 22.3 Å². The van der Waals surface area contributed by atoms with Crippen molar-refractivity contribution in [2.75, 3.05) is 48.1 Å². The number of aromatic nitrogens is 3. The molecule has 5 heterocycles. The SMILES string of the molecule is CC(C1CCCN1C)N(N)c1nc(-c2noc3c2CCCC32CCCc3sc(N)c(C#N)c32)nc(N2CCCC(C)(O)C2)c1N. The molecule has 0 aromatic carbocycles. The summed E-state index contributed by atoms with van der Waals surface area (Å²) >= 11 is 1.53. The number of hydrazine groups is 1. The molecule has 3 aromatic rings. The summed E-state index contributed by atoms with van der Waals surface area (Å²) in [6.45, 7) is 6.10. The quantitative estimate of drug-likeness (QED) is 0.237. The Morgan fingerprint density at radius 3 is 2.62 bits per heavy atom. The van der Waals surface area contributed by atoms with Crippen LogP contribution in [0.15, 0.2) is 4.52 Å². The molecule has 0 amide bonds. The fourth-order valence-corrected chi connectivity index (χ4v) is 9.69. The van der Waals surface area contributed by atoms with Gasteiger partial charge in [-0.25, -0.2) is 15.8 Å². The van der Waals surface area contributed by atoms with Gasteiger partial charge in [-0.1, -0.05) is 5.16 Å². The lowest BCUT2D eigenvalue weighted by Crippen LogP contribution is -2.51. The van der Waals surface area contributed by atoms with E-state index in [1.807, 2.05) is 11.8 Å². The number of hydrogen-bond acceptors (Lipinski definition) is 13. The fourth-order valence-electron chi connectivity index (χ4n) is 8.53. The van der Waals surface area contributed by atoms with Gasteiger partial charge >= 0.3 is 0 Å². The van der Waals surface area contributed by atoms with E-state index >= 15 is 0 Å². The first-order chi connectivity index (χ1) is 21.5. The van der Waals surface area contributed by atoms with Crippen molar-refractivity contribution in [2.45, 2.75) is 101 Å². The van der Waals surface area contributed by atoms with Crippen molar-refractivity contribution in [3.8, 4) is 17.6 Å². The molecule has 2 saturated heterocycles. The molecule has 3 aromatic heterocycles. The lowest BCUT2D eigenvalue weighted by molar-refractivity contribution is 0.0447. The van der Waals surface area contributed by atoms with Crippen molar-refractivity contribution in [3.63, 3.8) is 0 Å². The second kappa shape index (κ2) is 11.1. The number of piperidine rings is 1. The number of nitrogen functional groups attached to an aromatic ring is 2. The van der Waals surface area contributed by atoms with Gasteiger partial charge in [-0.2, -0.15) is 5.26 Å². The van der Waals surface area contributed by atoms with Gasteiger partial charge in [0.25, 0.3) is 0 Å². The molecule has 2 aliphatic carbocycles. The summed E-state index contributed by atoms with van der Waals surface area (Å²) in [5.41, 5.74) is 15.5. The molecule has 2 aliphatic heterocycles. The summed E-state index contributed by atoms with van der Waals surface area (Å²) in [6.07, 6.45) is 9.02. The van der Waals surface area contributed by atoms with E-state index in [0.717, 1.165) is 81.2 Å². The van der Waals surface area contributed by atoms with Crippen LogP contribution in [0.5, 0.6) is 0 Å². The third-order valence-electron chi connectivity index (χ3n) is 10.8. The number of likely N-dealkylation sites (N-methyl/N-ethyl adjacent to an activating group) is 1. The summed E-state index contributed by atoms with van der Waals surface area (Å²) < 4.78 is 6.28. The number of hydrogen-bond donors (Lipinski definition) is 4. The Morgan fingerprint density at radius 1 is 1.13 bits per heavy atom. The van der Waals surface area contributed by atoms with Crippen molar-refractivity contribution in [3.05, 3.63) is 27.3 Å². The maximum absolute atomic E-state index is 11.0. The monoisotopic (exact) mass is 632 g/mol. The van der Waals surface area contributed by atoms with E-state index in [1.54, 1.807) is 5.01 Å². The van der Waals surface area contributed by atoms with Gasteiger partial charge in [-0.3, -0.25) is 5.01 Å². The lowest BCUT2D eigenvalue weighted by Gasteiger charge is -2.39. The molecule has 0 radical (unpaired) electrons. The third kappa shape index (κ3) is 4.85. The fraction of sp³-hybridized carbons (Fsp3) is 0.625. The summed E-state index contributed by atoms with van der Waals surface area (Å²) in [5, 5.41) is 28.0. The van der Waals surface area contributed by atoms with Gasteiger partial charge in [-0.05, 0) is 97.2 Å². The summed E-state index contributed by atoms with van der Waals surface area (Å²) in [6, 6.07) is 2.60. The zero-order valence-corrected chi connectivity index (χ0v) is 27.3. The zero-order chi connectivity index (χ0) is 31.7. The highest BCUT2D eigenvalue weighted by Gasteiger charge is 2.49. The number of anilines is 4. The van der Waals surface area contributed by atoms with Crippen LogP contribution in [-0.2, 0) is 18.3 Å². The molecule has 1 spiro atoms. The first kappa shape index (κ1) is 30.2. The maximum Gasteiger partial charge on any atom is 0.186 e. The molecule has 0 saturated carbocycles. The Morgan fingerprint density at radius 2 is 1.91 bits per heavy atom. The topological polar surface area (TPSA) is 184 Å². The van der Waals surface area contributed by atoms with Crippen molar-refractivity contribution in [2.24, 2.45) is 5.84 Å². The Balaban J connectivity index is 1.36. The molecular formula is C32H44N10O2S. The molecule has 2 fully saturated rings. The van der Waals surface area contributed by atoms with Crippen LogP contribution in [0.2, 0.25) is 0 Å². The van der Waals surface area contributed by atoms with Crippen LogP contribution in [-0.4, -0.2) is 69.5 Å². The van der Waals surface area contributed by atoms with E-state index in [-0.39, 0.29) is 12.1 Å². The number of nitrogens with zero attached hydrogens (tertiary/aromatic N) is 7. The van der Waals surface area contributed by atoms with E-state index in [9.17, 15) is 10.4 Å². The van der Waals surface area contributed by atoms with Crippen molar-refractivity contribution < 1.29 is 9.63 Å². The molecular weight excluding hydrogens is 588 g/mol. The maximum atomic E-state index is 11.0. The van der Waals surface area contributed by atoms with Crippen LogP contribution in [0.25, 0.3) is 11.5 Å². The van der Waals surface area contributed by atoms with E-state index in [0.29, 0.717) is 58.9 Å². The van der Waals surface area contributed by atoms with Crippen LogP contribution in [0, 0.1) is 11.3 Å². The predicted molar refractivity (Wildman–Crippen MR) is 176 cm³/mol. The Bertz CT molecular complexity index is 1660. The second-order valence-corrected chi connectivity index (χ2v) is 15.0. The number of likely N-dealkylation sites (tertiary alicyclic amines) is 1. The number of rotatable bonds is 5. The van der Waals surface area contributed by atoms with Crippen molar-refractivity contribution in [1.82, 2.24) is 20.0 Å². The number of aryl methyl sites for hydroxylation is 1. The molecule has 4 aliphatic rings. The largest absolute Gasteiger partial charge is 0.393 e. The van der Waals surface area contributed by atoms with Gasteiger partial charge < -0.3 is 30.9 Å². The summed E-state index contributed by atoms with van der Waals surface area (Å²) in [7, 11) is 2.13. The highest BCUT2D eigenvalue weighted by atomic mass is 32.1. The van der Waals surface area contributed by atoms with Gasteiger partial charge in [0.2, 0.25) is 0 Å². The minimum absolute atomic E-state index is 0.0523. The number of β-amino-alcohol motifs (C(OH)–C–C–N with tert-alkyl or cyclic N) is 1. The molecule has 7 N–H and O–H groups in total. The van der Waals surface area contributed by atoms with E-state index in [4.69, 9.17) is 31.8 Å². The number of thiophene rings is 1. The Kier molecular flexibility index (Phi) is 7.47. The molecule has 4 unspecified atom stereocenters. The van der Waals surface area contributed by atoms with Gasteiger partial charge in [0.1, 0.15) is 16.8 Å². The number of nitrogens with two attached hydrogens (primary N) is 3. The first-order valence-electron chi connectivity index (χ1n) is 16.2. The zero-order valence-electron chi connectivity index (χ0n) is 26.5. The number of aliphatic hydroxyl groups is 1. The highest BCUT2D eigenvalue weighted by Crippen LogP contribution is 2.55. The lowest BCUT2D eigenvalue weighted by atomic mass is 9.63. The molecule has 45 heavy (non-hydrogen) atoms. The van der Waals surface area contributed by atoms with Crippen molar-refractivity contribution in [1.29, 1.82) is 5.26 Å². The first-order valence-corrected chi connectivity index (χ1v) is 17.1. The highest BCUT2D eigenvalue weighted by molar-refractivity contribution is 7.16. The van der Waals surface area contributed by atoms with Gasteiger partial charge in [0.05, 0.1) is 22.6 Å². The standard InChI is InChI=1S/C32H44N10O2S/c1-18(21-9-6-14-40(21)3)42(36)30-24(34)29(41-15-7-11-31(2,43)17-41)37-28(38-30)25-19-8-4-12-32(26(19)44-39-25)13-5-10-22-23(32)20(16-33)27(35)45-22/h18,21,43H,4-15,17,34-36H2,1-3H3. The van der Waals surface area contributed by atoms with Gasteiger partial charge in [-0.15, -0.1) is 11.3 Å². The Hall–Kier alpha value is -3.44. The third-order valence-corrected chi connectivity index (χ3v) is 11.8. The molecule has 7 rings (SSSR count). The van der Waals surface area contributed by atoms with Gasteiger partial charge in [0, 0.05) is 29.6 Å². The van der Waals surface area contributed by atoms with Crippen LogP contribution in [0.1, 0.15) is 92.5 Å². The van der Waals surface area contributed by atoms with Crippen LogP contribution < -0.4 is 27.2 Å². The normalized spacial score (nSPS) is 27.3. The number of fused-ring (bicyclic) bond motifs is 4. The average molecular weight is 633 g/mol. The van der Waals surface area contributed by atoms with Crippen LogP contribution >= 0.6 is 11.3 Å². The van der Waals surface area contributed by atoms with Crippen molar-refractivity contribution >= 4 is 33.7 Å². The predicted octanol–water partition coefficient (Wildman–Crippen LogP) is 3.70. The summed E-state index contributed by atoms with van der Waals surface area (Å²) in [5.74, 6) is 9.09. The molecule has 240 valence electrons. The smallest absolute Gasteiger partial charge is 0.186 e. The van der Waals surface area contributed by atoms with E-state index < -0.39 is 11.0 Å². The van der Waals surface area contributed by atoms with E-state index in [2.05, 4.69) is 30.1 Å². The molecule has 12 nitrogen and oxygen atoms in total. The molecule has 4 atom stereocenters. The minimum Gasteiger partial charge on any atom is -0.393 e. The molecule has 13 heteroatoms. The second-order valence-electron chi connectivity index (χ2n) is 13.8. The minimum atomic E-state index is -0.864. The van der Waals surface area contributed by atoms with E-state index in [1.165, 1.54) is 16.2 Å². The summed E-state index contributed by atoms with van der Waals surface area (Å²) in [4.78, 5) is 15.6.